The Hall–Kier alpha value is -1.77. The predicted octanol–water partition coefficient (Wildman–Crippen LogP) is 2.74. The highest BCUT2D eigenvalue weighted by Gasteiger charge is 2.39. The smallest absolute Gasteiger partial charge is 0.407 e. The van der Waals surface area contributed by atoms with Crippen LogP contribution in [0, 0.1) is 22.7 Å². The highest BCUT2D eigenvalue weighted by atomic mass is 16.5. The van der Waals surface area contributed by atoms with Gasteiger partial charge in [0.1, 0.15) is 5.41 Å². The summed E-state index contributed by atoms with van der Waals surface area (Å²) in [5, 5.41) is 15.1. The summed E-state index contributed by atoms with van der Waals surface area (Å²) in [5.74, 6) is 0.164. The van der Waals surface area contributed by atoms with Crippen LogP contribution in [-0.2, 0) is 9.53 Å². The number of hydrogen-bond donors (Lipinski definition) is 2. The van der Waals surface area contributed by atoms with Gasteiger partial charge in [0.25, 0.3) is 0 Å². The molecule has 2 N–H and O–H groups in total. The maximum absolute atomic E-state index is 12.5. The van der Waals surface area contributed by atoms with Crippen molar-refractivity contribution in [3.63, 3.8) is 0 Å². The minimum atomic E-state index is -0.898. The van der Waals surface area contributed by atoms with Crippen molar-refractivity contribution in [2.24, 2.45) is 11.3 Å². The zero-order chi connectivity index (χ0) is 17.3. The van der Waals surface area contributed by atoms with Gasteiger partial charge in [0.15, 0.2) is 0 Å². The second-order valence-corrected chi connectivity index (χ2v) is 6.66. The second kappa shape index (κ2) is 9.39. The number of nitriles is 1. The van der Waals surface area contributed by atoms with E-state index in [4.69, 9.17) is 4.74 Å². The molecule has 0 spiro atoms. The van der Waals surface area contributed by atoms with Crippen molar-refractivity contribution in [3.05, 3.63) is 0 Å². The molecule has 23 heavy (non-hydrogen) atoms. The Morgan fingerprint density at radius 2 is 1.91 bits per heavy atom. The average Bonchev–Trinajstić information content (AvgIpc) is 2.52. The van der Waals surface area contributed by atoms with Crippen molar-refractivity contribution in [3.8, 4) is 6.07 Å². The first-order valence-corrected chi connectivity index (χ1v) is 8.56. The van der Waals surface area contributed by atoms with E-state index in [9.17, 15) is 14.9 Å². The Kier molecular flexibility index (Phi) is 7.87. The van der Waals surface area contributed by atoms with Crippen molar-refractivity contribution in [1.82, 2.24) is 10.6 Å². The van der Waals surface area contributed by atoms with Gasteiger partial charge in [-0.1, -0.05) is 33.1 Å². The van der Waals surface area contributed by atoms with Gasteiger partial charge in [0.2, 0.25) is 5.91 Å². The highest BCUT2D eigenvalue weighted by molar-refractivity contribution is 5.85. The van der Waals surface area contributed by atoms with Gasteiger partial charge >= 0.3 is 6.09 Å². The fraction of sp³-hybridized carbons (Fsp3) is 0.824. The molecule has 0 aromatic heterocycles. The van der Waals surface area contributed by atoms with Crippen molar-refractivity contribution < 1.29 is 14.3 Å². The van der Waals surface area contributed by atoms with Crippen LogP contribution < -0.4 is 10.6 Å². The summed E-state index contributed by atoms with van der Waals surface area (Å²) in [6, 6.07) is 2.02. The van der Waals surface area contributed by atoms with Gasteiger partial charge in [-0.3, -0.25) is 4.79 Å². The number of hydrogen-bond acceptors (Lipinski definition) is 4. The monoisotopic (exact) mass is 323 g/mol. The van der Waals surface area contributed by atoms with Crippen molar-refractivity contribution in [1.29, 1.82) is 5.26 Å². The number of nitrogens with one attached hydrogen (secondary N) is 2. The lowest BCUT2D eigenvalue weighted by Crippen LogP contribution is -2.48. The molecule has 6 nitrogen and oxygen atoms in total. The van der Waals surface area contributed by atoms with Gasteiger partial charge in [-0.25, -0.2) is 4.79 Å². The third kappa shape index (κ3) is 6.09. The normalized spacial score (nSPS) is 17.9. The van der Waals surface area contributed by atoms with Gasteiger partial charge in [-0.05, 0) is 32.1 Å². The van der Waals surface area contributed by atoms with Gasteiger partial charge in [0.05, 0.1) is 12.7 Å². The lowest BCUT2D eigenvalue weighted by Gasteiger charge is -2.30. The molecule has 1 unspecified atom stereocenters. The molecule has 6 heteroatoms. The van der Waals surface area contributed by atoms with Crippen LogP contribution in [0.4, 0.5) is 4.79 Å². The molecule has 0 radical (unpaired) electrons. The van der Waals surface area contributed by atoms with Gasteiger partial charge < -0.3 is 15.4 Å². The number of ether oxygens (including phenoxy) is 1. The first-order chi connectivity index (χ1) is 10.9. The summed E-state index contributed by atoms with van der Waals surface area (Å²) in [6.45, 7) is 6.49. The summed E-state index contributed by atoms with van der Waals surface area (Å²) >= 11 is 0. The SMILES string of the molecule is CCOC(=O)NC(CNC(=O)C1(C#N)CCCCC1)CC(C)C. The van der Waals surface area contributed by atoms with Crippen molar-refractivity contribution >= 4 is 12.0 Å². The van der Waals surface area contributed by atoms with Crippen molar-refractivity contribution in [2.75, 3.05) is 13.2 Å². The molecule has 0 aromatic carbocycles. The molecule has 0 heterocycles. The lowest BCUT2D eigenvalue weighted by molar-refractivity contribution is -0.129. The van der Waals surface area contributed by atoms with E-state index in [2.05, 4.69) is 30.6 Å². The first-order valence-electron chi connectivity index (χ1n) is 8.56. The van der Waals surface area contributed by atoms with E-state index in [1.165, 1.54) is 0 Å². The molecule has 1 aliphatic rings. The van der Waals surface area contributed by atoms with Crippen LogP contribution in [0.5, 0.6) is 0 Å². The predicted molar refractivity (Wildman–Crippen MR) is 87.5 cm³/mol. The first kappa shape index (κ1) is 19.3. The van der Waals surface area contributed by atoms with Gasteiger partial charge in [-0.2, -0.15) is 5.26 Å². The summed E-state index contributed by atoms with van der Waals surface area (Å²) < 4.78 is 4.90. The van der Waals surface area contributed by atoms with E-state index in [-0.39, 0.29) is 11.9 Å². The number of carbonyl (C=O) groups is 2. The van der Waals surface area contributed by atoms with E-state index in [0.29, 0.717) is 31.9 Å². The van der Waals surface area contributed by atoms with E-state index in [1.54, 1.807) is 6.92 Å². The van der Waals surface area contributed by atoms with Crippen LogP contribution in [0.15, 0.2) is 0 Å². The maximum atomic E-state index is 12.5. The number of rotatable bonds is 7. The Morgan fingerprint density at radius 1 is 1.26 bits per heavy atom. The van der Waals surface area contributed by atoms with Crippen LogP contribution in [0.3, 0.4) is 0 Å². The van der Waals surface area contributed by atoms with Crippen LogP contribution in [-0.4, -0.2) is 31.2 Å². The molecule has 1 saturated carbocycles. The third-order valence-corrected chi connectivity index (χ3v) is 4.22. The molecule has 0 aliphatic heterocycles. The van der Waals surface area contributed by atoms with E-state index >= 15 is 0 Å². The Balaban J connectivity index is 2.60. The minimum absolute atomic E-state index is 0.197. The molecule has 0 saturated heterocycles. The van der Waals surface area contributed by atoms with Crippen LogP contribution in [0.2, 0.25) is 0 Å². The highest BCUT2D eigenvalue weighted by Crippen LogP contribution is 2.35. The molecule has 130 valence electrons. The number of carbonyl (C=O) groups excluding carboxylic acids is 2. The summed E-state index contributed by atoms with van der Waals surface area (Å²) in [6.07, 6.45) is 4.41. The molecule has 1 rings (SSSR count). The third-order valence-electron chi connectivity index (χ3n) is 4.22. The van der Waals surface area contributed by atoms with Crippen LogP contribution >= 0.6 is 0 Å². The minimum Gasteiger partial charge on any atom is -0.450 e. The summed E-state index contributed by atoms with van der Waals surface area (Å²) in [7, 11) is 0. The fourth-order valence-electron chi connectivity index (χ4n) is 3.03. The van der Waals surface area contributed by atoms with Crippen molar-refractivity contribution in [2.45, 2.75) is 65.3 Å². The van der Waals surface area contributed by atoms with Crippen LogP contribution in [0.25, 0.3) is 0 Å². The number of alkyl carbamates (subject to hydrolysis) is 1. The molecule has 1 aliphatic carbocycles. The molecular formula is C17H29N3O3. The average molecular weight is 323 g/mol. The molecule has 1 fully saturated rings. The molecular weight excluding hydrogens is 294 g/mol. The Morgan fingerprint density at radius 3 is 2.43 bits per heavy atom. The van der Waals surface area contributed by atoms with E-state index in [0.717, 1.165) is 25.7 Å². The standard InChI is InChI=1S/C17H29N3O3/c1-4-23-16(22)20-14(10-13(2)3)11-19-15(21)17(12-18)8-6-5-7-9-17/h13-14H,4-11H2,1-3H3,(H,19,21)(H,20,22). The maximum Gasteiger partial charge on any atom is 0.407 e. The quantitative estimate of drug-likeness (QED) is 0.753. The van der Waals surface area contributed by atoms with E-state index < -0.39 is 11.5 Å². The van der Waals surface area contributed by atoms with Gasteiger partial charge in [0, 0.05) is 12.6 Å². The zero-order valence-corrected chi connectivity index (χ0v) is 14.5. The number of nitrogens with zero attached hydrogens (tertiary/aromatic N) is 1. The van der Waals surface area contributed by atoms with E-state index in [1.807, 2.05) is 0 Å². The largest absolute Gasteiger partial charge is 0.450 e. The van der Waals surface area contributed by atoms with Crippen LogP contribution in [0.1, 0.15) is 59.3 Å². The lowest BCUT2D eigenvalue weighted by atomic mass is 9.74. The molecule has 0 bridgehead atoms. The second-order valence-electron chi connectivity index (χ2n) is 6.66. The molecule has 0 aromatic rings. The fourth-order valence-corrected chi connectivity index (χ4v) is 3.03. The summed E-state index contributed by atoms with van der Waals surface area (Å²) in [5.41, 5.74) is -0.898. The number of amides is 2. The van der Waals surface area contributed by atoms with Gasteiger partial charge in [-0.15, -0.1) is 0 Å². The molecule has 2 amide bonds. The topological polar surface area (TPSA) is 91.2 Å². The summed E-state index contributed by atoms with van der Waals surface area (Å²) in [4.78, 5) is 24.1. The Bertz CT molecular complexity index is 437. The Labute approximate surface area is 139 Å². The zero-order valence-electron chi connectivity index (χ0n) is 14.5. The molecule has 1 atom stereocenters.